The lowest BCUT2D eigenvalue weighted by atomic mass is 10.0. The predicted molar refractivity (Wildman–Crippen MR) is 112 cm³/mol. The van der Waals surface area contributed by atoms with E-state index < -0.39 is 85.2 Å². The summed E-state index contributed by atoms with van der Waals surface area (Å²) in [7, 11) is 0. The third-order valence-electron chi connectivity index (χ3n) is 4.63. The molecule has 0 aliphatic heterocycles. The Bertz CT molecular complexity index is 740. The Morgan fingerprint density at radius 3 is 1.45 bits per heavy atom. The van der Waals surface area contributed by atoms with E-state index in [1.165, 1.54) is 0 Å². The first-order valence-corrected chi connectivity index (χ1v) is 10.2. The number of amides is 3. The summed E-state index contributed by atoms with van der Waals surface area (Å²) in [5, 5.41) is 43.0. The van der Waals surface area contributed by atoms with Gasteiger partial charge in [0.05, 0.1) is 12.1 Å². The molecule has 0 radical (unpaired) electrons. The number of carboxylic acids is 3. The van der Waals surface area contributed by atoms with Crippen LogP contribution in [0.1, 0.15) is 46.5 Å². The van der Waals surface area contributed by atoms with Crippen molar-refractivity contribution in [2.75, 3.05) is 0 Å². The minimum absolute atomic E-state index is 0.296. The number of hydrogen-bond donors (Lipinski definition) is 8. The Labute approximate surface area is 189 Å². The van der Waals surface area contributed by atoms with Crippen molar-refractivity contribution in [1.29, 1.82) is 0 Å². The molecular formula is C19H32N4O10. The van der Waals surface area contributed by atoms with E-state index in [0.29, 0.717) is 0 Å². The van der Waals surface area contributed by atoms with Gasteiger partial charge < -0.3 is 42.1 Å². The van der Waals surface area contributed by atoms with Crippen LogP contribution in [0.4, 0.5) is 0 Å². The molecule has 0 heterocycles. The lowest BCUT2D eigenvalue weighted by Crippen LogP contribution is -2.58. The smallest absolute Gasteiger partial charge is 0.328 e. The Balaban J connectivity index is 5.63. The molecule has 0 aliphatic carbocycles. The molecule has 14 nitrogen and oxygen atoms in total. The van der Waals surface area contributed by atoms with Crippen molar-refractivity contribution in [2.24, 2.45) is 11.7 Å². The van der Waals surface area contributed by atoms with Gasteiger partial charge >= 0.3 is 17.9 Å². The van der Waals surface area contributed by atoms with Gasteiger partial charge in [-0.2, -0.15) is 0 Å². The quantitative estimate of drug-likeness (QED) is 0.124. The van der Waals surface area contributed by atoms with Crippen molar-refractivity contribution in [2.45, 2.75) is 76.7 Å². The summed E-state index contributed by atoms with van der Waals surface area (Å²) in [6.45, 7) is 4.42. The van der Waals surface area contributed by atoms with Crippen molar-refractivity contribution in [3.8, 4) is 0 Å². The summed E-state index contributed by atoms with van der Waals surface area (Å²) in [6.07, 6.45) is -3.37. The normalized spacial score (nSPS) is 15.5. The van der Waals surface area contributed by atoms with Crippen LogP contribution in [0, 0.1) is 5.92 Å². The van der Waals surface area contributed by atoms with Crippen LogP contribution in [0.2, 0.25) is 0 Å². The number of carbonyl (C=O) groups excluding carboxylic acids is 3. The first-order valence-electron chi connectivity index (χ1n) is 10.2. The molecule has 0 bridgehead atoms. The van der Waals surface area contributed by atoms with E-state index in [1.54, 1.807) is 13.8 Å². The monoisotopic (exact) mass is 476 g/mol. The lowest BCUT2D eigenvalue weighted by Gasteiger charge is -2.26. The number of nitrogens with one attached hydrogen (secondary N) is 3. The van der Waals surface area contributed by atoms with E-state index in [9.17, 15) is 33.9 Å². The van der Waals surface area contributed by atoms with Crippen molar-refractivity contribution < 1.29 is 49.2 Å². The van der Waals surface area contributed by atoms with Crippen LogP contribution in [0.15, 0.2) is 0 Å². The van der Waals surface area contributed by atoms with Crippen LogP contribution in [-0.2, 0) is 28.8 Å². The Morgan fingerprint density at radius 1 is 0.727 bits per heavy atom. The van der Waals surface area contributed by atoms with Crippen LogP contribution >= 0.6 is 0 Å². The Hall–Kier alpha value is -3.26. The van der Waals surface area contributed by atoms with Gasteiger partial charge in [0.15, 0.2) is 6.04 Å². The summed E-state index contributed by atoms with van der Waals surface area (Å²) in [5.41, 5.74) is 5.74. The summed E-state index contributed by atoms with van der Waals surface area (Å²) >= 11 is 0. The van der Waals surface area contributed by atoms with Crippen molar-refractivity contribution in [3.63, 3.8) is 0 Å². The molecule has 3 amide bonds. The molecule has 9 N–H and O–H groups in total. The third kappa shape index (κ3) is 11.2. The van der Waals surface area contributed by atoms with Gasteiger partial charge in [0.1, 0.15) is 12.1 Å². The van der Waals surface area contributed by atoms with Gasteiger partial charge in [-0.3, -0.25) is 24.0 Å². The topological polar surface area (TPSA) is 245 Å². The number of rotatable bonds is 15. The van der Waals surface area contributed by atoms with Crippen molar-refractivity contribution in [1.82, 2.24) is 16.0 Å². The second kappa shape index (κ2) is 14.0. The molecular weight excluding hydrogens is 444 g/mol. The van der Waals surface area contributed by atoms with Gasteiger partial charge in [-0.25, -0.2) is 4.79 Å². The number of carbonyl (C=O) groups is 6. The first kappa shape index (κ1) is 29.7. The Morgan fingerprint density at radius 2 is 1.12 bits per heavy atom. The maximum atomic E-state index is 12.7. The van der Waals surface area contributed by atoms with Gasteiger partial charge in [0, 0.05) is 12.8 Å². The third-order valence-corrected chi connectivity index (χ3v) is 4.63. The highest BCUT2D eigenvalue weighted by atomic mass is 16.4. The lowest BCUT2D eigenvalue weighted by molar-refractivity contribution is -0.145. The van der Waals surface area contributed by atoms with E-state index in [0.717, 1.165) is 6.92 Å². The van der Waals surface area contributed by atoms with Crippen LogP contribution in [0.5, 0.6) is 0 Å². The minimum atomic E-state index is -1.73. The van der Waals surface area contributed by atoms with Crippen LogP contribution in [0.3, 0.4) is 0 Å². The maximum absolute atomic E-state index is 12.7. The number of hydrogen-bond acceptors (Lipinski definition) is 8. The fourth-order valence-corrected chi connectivity index (χ4v) is 2.56. The molecule has 5 unspecified atom stereocenters. The molecule has 0 aliphatic rings. The molecule has 14 heteroatoms. The van der Waals surface area contributed by atoms with E-state index in [1.807, 2.05) is 5.32 Å². The molecule has 33 heavy (non-hydrogen) atoms. The highest BCUT2D eigenvalue weighted by molar-refractivity contribution is 5.94. The van der Waals surface area contributed by atoms with E-state index in [-0.39, 0.29) is 12.3 Å². The standard InChI is InChI=1S/C19H32N4O10/c1-8(2)14(20)18(31)22-10(4-6-12(25)26)16(29)21-11(5-7-13(27)28)17(30)23-15(9(3)24)19(32)33/h8-11,14-15,24H,4-7,20H2,1-3H3,(H,21,29)(H,22,31)(H,23,30)(H,25,26)(H,27,28)(H,32,33). The molecule has 0 aromatic rings. The summed E-state index contributed by atoms with van der Waals surface area (Å²) in [4.78, 5) is 70.6. The number of aliphatic hydroxyl groups excluding tert-OH is 1. The average molecular weight is 476 g/mol. The zero-order chi connectivity index (χ0) is 25.9. The number of aliphatic carboxylic acids is 3. The zero-order valence-corrected chi connectivity index (χ0v) is 18.6. The molecule has 0 saturated carbocycles. The van der Waals surface area contributed by atoms with Gasteiger partial charge in [-0.1, -0.05) is 13.8 Å². The number of nitrogens with two attached hydrogens (primary N) is 1. The zero-order valence-electron chi connectivity index (χ0n) is 18.6. The van der Waals surface area contributed by atoms with Gasteiger partial charge in [0.25, 0.3) is 0 Å². The van der Waals surface area contributed by atoms with Crippen LogP contribution in [0.25, 0.3) is 0 Å². The first-order chi connectivity index (χ1) is 15.2. The summed E-state index contributed by atoms with van der Waals surface area (Å²) < 4.78 is 0. The van der Waals surface area contributed by atoms with E-state index in [2.05, 4.69) is 10.6 Å². The second-order valence-corrected chi connectivity index (χ2v) is 7.82. The van der Waals surface area contributed by atoms with E-state index in [4.69, 9.17) is 21.1 Å². The largest absolute Gasteiger partial charge is 0.481 e. The molecule has 0 aromatic heterocycles. The summed E-state index contributed by atoms with van der Waals surface area (Å²) in [5.74, 6) is -7.22. The predicted octanol–water partition coefficient (Wildman–Crippen LogP) is -2.38. The fourth-order valence-electron chi connectivity index (χ4n) is 2.56. The highest BCUT2D eigenvalue weighted by Crippen LogP contribution is 2.06. The minimum Gasteiger partial charge on any atom is -0.481 e. The van der Waals surface area contributed by atoms with Crippen molar-refractivity contribution >= 4 is 35.6 Å². The average Bonchev–Trinajstić information content (AvgIpc) is 2.69. The second-order valence-electron chi connectivity index (χ2n) is 7.82. The molecule has 0 spiro atoms. The van der Waals surface area contributed by atoms with Crippen molar-refractivity contribution in [3.05, 3.63) is 0 Å². The molecule has 0 aromatic carbocycles. The molecule has 0 rings (SSSR count). The van der Waals surface area contributed by atoms with Gasteiger partial charge in [0.2, 0.25) is 17.7 Å². The Kier molecular flexibility index (Phi) is 12.6. The molecule has 0 fully saturated rings. The molecule has 188 valence electrons. The molecule has 5 atom stereocenters. The van der Waals surface area contributed by atoms with Crippen LogP contribution in [-0.4, -0.2) is 86.3 Å². The highest BCUT2D eigenvalue weighted by Gasteiger charge is 2.32. The van der Waals surface area contributed by atoms with Gasteiger partial charge in [-0.05, 0) is 25.7 Å². The fraction of sp³-hybridized carbons (Fsp3) is 0.684. The number of carboxylic acid groups (broad SMARTS) is 3. The number of aliphatic hydroxyl groups is 1. The van der Waals surface area contributed by atoms with Crippen LogP contribution < -0.4 is 21.7 Å². The summed E-state index contributed by atoms with van der Waals surface area (Å²) in [6, 6.07) is -5.69. The SMILES string of the molecule is CC(C)C(N)C(=O)NC(CCC(=O)O)C(=O)NC(CCC(=O)O)C(=O)NC(C(=O)O)C(C)O. The maximum Gasteiger partial charge on any atom is 0.328 e. The molecule has 0 saturated heterocycles. The van der Waals surface area contributed by atoms with Gasteiger partial charge in [-0.15, -0.1) is 0 Å². The van der Waals surface area contributed by atoms with E-state index >= 15 is 0 Å².